The van der Waals surface area contributed by atoms with Gasteiger partial charge in [-0.1, -0.05) is 13.3 Å². The Kier molecular flexibility index (Phi) is 6.11. The van der Waals surface area contributed by atoms with Gasteiger partial charge in [-0.15, -0.1) is 0 Å². The SMILES string of the molecule is CCCCOCC(=O)NN. The highest BCUT2D eigenvalue weighted by atomic mass is 16.5. The summed E-state index contributed by atoms with van der Waals surface area (Å²) in [7, 11) is 0. The first-order chi connectivity index (χ1) is 4.81. The summed E-state index contributed by atoms with van der Waals surface area (Å²) < 4.78 is 4.93. The quantitative estimate of drug-likeness (QED) is 0.244. The number of rotatable bonds is 5. The van der Waals surface area contributed by atoms with Crippen LogP contribution in [0.4, 0.5) is 0 Å². The van der Waals surface area contributed by atoms with Crippen molar-refractivity contribution < 1.29 is 9.53 Å². The number of hydrogen-bond acceptors (Lipinski definition) is 3. The predicted octanol–water partition coefficient (Wildman–Crippen LogP) is -0.207. The maximum atomic E-state index is 10.4. The molecule has 4 heteroatoms. The van der Waals surface area contributed by atoms with Gasteiger partial charge in [0.1, 0.15) is 6.61 Å². The Labute approximate surface area is 60.7 Å². The first-order valence-electron chi connectivity index (χ1n) is 3.38. The summed E-state index contributed by atoms with van der Waals surface area (Å²) >= 11 is 0. The molecule has 1 amide bonds. The highest BCUT2D eigenvalue weighted by molar-refractivity contribution is 5.76. The molecule has 0 radical (unpaired) electrons. The monoisotopic (exact) mass is 146 g/mol. The Balaban J connectivity index is 2.96. The summed E-state index contributed by atoms with van der Waals surface area (Å²) in [4.78, 5) is 10.4. The summed E-state index contributed by atoms with van der Waals surface area (Å²) in [6.07, 6.45) is 2.06. The lowest BCUT2D eigenvalue weighted by Crippen LogP contribution is -2.33. The van der Waals surface area contributed by atoms with Crippen LogP contribution < -0.4 is 11.3 Å². The van der Waals surface area contributed by atoms with E-state index in [2.05, 4.69) is 6.92 Å². The van der Waals surface area contributed by atoms with Crippen molar-refractivity contribution in [2.24, 2.45) is 5.84 Å². The highest BCUT2D eigenvalue weighted by Crippen LogP contribution is 1.86. The first kappa shape index (κ1) is 9.39. The number of hydrazine groups is 1. The Morgan fingerprint density at radius 1 is 1.70 bits per heavy atom. The van der Waals surface area contributed by atoms with Crippen LogP contribution in [0.15, 0.2) is 0 Å². The number of nitrogens with two attached hydrogens (primary N) is 1. The smallest absolute Gasteiger partial charge is 0.259 e. The van der Waals surface area contributed by atoms with Crippen molar-refractivity contribution in [2.45, 2.75) is 19.8 Å². The van der Waals surface area contributed by atoms with E-state index in [1.807, 2.05) is 5.43 Å². The zero-order chi connectivity index (χ0) is 7.82. The van der Waals surface area contributed by atoms with E-state index in [0.717, 1.165) is 12.8 Å². The molecule has 0 rings (SSSR count). The van der Waals surface area contributed by atoms with E-state index in [0.29, 0.717) is 6.61 Å². The molecule has 0 unspecified atom stereocenters. The standard InChI is InChI=1S/C6H14N2O2/c1-2-3-4-10-5-6(9)8-7/h2-5,7H2,1H3,(H,8,9). The third-order valence-electron chi connectivity index (χ3n) is 1.04. The van der Waals surface area contributed by atoms with Crippen molar-refractivity contribution in [2.75, 3.05) is 13.2 Å². The second-order valence-corrected chi connectivity index (χ2v) is 1.97. The van der Waals surface area contributed by atoms with E-state index in [1.54, 1.807) is 0 Å². The summed E-state index contributed by atoms with van der Waals surface area (Å²) in [6, 6.07) is 0. The lowest BCUT2D eigenvalue weighted by atomic mass is 10.4. The fourth-order valence-corrected chi connectivity index (χ4v) is 0.453. The van der Waals surface area contributed by atoms with Crippen molar-refractivity contribution in [3.63, 3.8) is 0 Å². The molecule has 0 spiro atoms. The third-order valence-corrected chi connectivity index (χ3v) is 1.04. The van der Waals surface area contributed by atoms with Crippen LogP contribution in [0.1, 0.15) is 19.8 Å². The fourth-order valence-electron chi connectivity index (χ4n) is 0.453. The van der Waals surface area contributed by atoms with Crippen LogP contribution in [0.2, 0.25) is 0 Å². The van der Waals surface area contributed by atoms with Crippen LogP contribution >= 0.6 is 0 Å². The minimum absolute atomic E-state index is 0.0660. The van der Waals surface area contributed by atoms with Gasteiger partial charge in [0.05, 0.1) is 0 Å². The van der Waals surface area contributed by atoms with E-state index in [1.165, 1.54) is 0 Å². The minimum Gasteiger partial charge on any atom is -0.372 e. The van der Waals surface area contributed by atoms with Crippen molar-refractivity contribution in [3.05, 3.63) is 0 Å². The number of ether oxygens (including phenoxy) is 1. The maximum Gasteiger partial charge on any atom is 0.259 e. The molecule has 0 aliphatic carbocycles. The fraction of sp³-hybridized carbons (Fsp3) is 0.833. The number of nitrogens with one attached hydrogen (secondary N) is 1. The lowest BCUT2D eigenvalue weighted by molar-refractivity contribution is -0.125. The Hall–Kier alpha value is -0.610. The topological polar surface area (TPSA) is 64.3 Å². The van der Waals surface area contributed by atoms with Gasteiger partial charge >= 0.3 is 0 Å². The van der Waals surface area contributed by atoms with Crippen molar-refractivity contribution in [1.29, 1.82) is 0 Å². The van der Waals surface area contributed by atoms with Crippen LogP contribution in [0.3, 0.4) is 0 Å². The first-order valence-corrected chi connectivity index (χ1v) is 3.38. The lowest BCUT2D eigenvalue weighted by Gasteiger charge is -2.00. The predicted molar refractivity (Wildman–Crippen MR) is 38.1 cm³/mol. The molecule has 4 nitrogen and oxygen atoms in total. The second kappa shape index (κ2) is 6.51. The average Bonchev–Trinajstić information content (AvgIpc) is 1.98. The van der Waals surface area contributed by atoms with Gasteiger partial charge in [0.2, 0.25) is 0 Å². The minimum atomic E-state index is -0.281. The Morgan fingerprint density at radius 2 is 2.40 bits per heavy atom. The van der Waals surface area contributed by atoms with Crippen LogP contribution in [0.25, 0.3) is 0 Å². The number of carbonyl (C=O) groups excluding carboxylic acids is 1. The average molecular weight is 146 g/mol. The molecule has 0 saturated carbocycles. The summed E-state index contributed by atoms with van der Waals surface area (Å²) in [5.41, 5.74) is 1.98. The van der Waals surface area contributed by atoms with Gasteiger partial charge in [-0.2, -0.15) is 0 Å². The molecule has 0 aliphatic heterocycles. The van der Waals surface area contributed by atoms with Crippen LogP contribution in [-0.2, 0) is 9.53 Å². The normalized spacial score (nSPS) is 9.40. The highest BCUT2D eigenvalue weighted by Gasteiger charge is 1.95. The molecule has 10 heavy (non-hydrogen) atoms. The second-order valence-electron chi connectivity index (χ2n) is 1.97. The number of amides is 1. The number of unbranched alkanes of at least 4 members (excludes halogenated alkanes) is 1. The van der Waals surface area contributed by atoms with Gasteiger partial charge in [0, 0.05) is 6.61 Å². The molecular weight excluding hydrogens is 132 g/mol. The van der Waals surface area contributed by atoms with Gasteiger partial charge < -0.3 is 4.74 Å². The summed E-state index contributed by atoms with van der Waals surface area (Å²) in [6.45, 7) is 2.76. The molecule has 0 aromatic rings. The van der Waals surface area contributed by atoms with Crippen molar-refractivity contribution in [1.82, 2.24) is 5.43 Å². The van der Waals surface area contributed by atoms with E-state index in [4.69, 9.17) is 10.6 Å². The van der Waals surface area contributed by atoms with E-state index >= 15 is 0 Å². The van der Waals surface area contributed by atoms with E-state index in [9.17, 15) is 4.79 Å². The molecule has 0 fully saturated rings. The molecule has 0 saturated heterocycles. The van der Waals surface area contributed by atoms with E-state index < -0.39 is 0 Å². The maximum absolute atomic E-state index is 10.4. The van der Waals surface area contributed by atoms with Gasteiger partial charge in [0.25, 0.3) is 5.91 Å². The molecule has 0 heterocycles. The third kappa shape index (κ3) is 5.53. The molecule has 0 bridgehead atoms. The largest absolute Gasteiger partial charge is 0.372 e. The summed E-state index contributed by atoms with van der Waals surface area (Å²) in [5.74, 6) is 4.53. The molecule has 0 atom stereocenters. The van der Waals surface area contributed by atoms with Crippen LogP contribution in [0, 0.1) is 0 Å². The van der Waals surface area contributed by atoms with Crippen molar-refractivity contribution >= 4 is 5.91 Å². The van der Waals surface area contributed by atoms with Crippen molar-refractivity contribution in [3.8, 4) is 0 Å². The number of hydrogen-bond donors (Lipinski definition) is 2. The van der Waals surface area contributed by atoms with Gasteiger partial charge in [-0.25, -0.2) is 5.84 Å². The molecular formula is C6H14N2O2. The summed E-state index contributed by atoms with van der Waals surface area (Å²) in [5, 5.41) is 0. The Morgan fingerprint density at radius 3 is 2.90 bits per heavy atom. The van der Waals surface area contributed by atoms with Gasteiger partial charge in [-0.05, 0) is 6.42 Å². The van der Waals surface area contributed by atoms with Gasteiger partial charge in [0.15, 0.2) is 0 Å². The van der Waals surface area contributed by atoms with Gasteiger partial charge in [-0.3, -0.25) is 10.2 Å². The van der Waals surface area contributed by atoms with Crippen LogP contribution in [0.5, 0.6) is 0 Å². The number of carbonyl (C=O) groups is 1. The molecule has 0 aromatic heterocycles. The molecule has 3 N–H and O–H groups in total. The Bertz CT molecular complexity index is 95.7. The zero-order valence-corrected chi connectivity index (χ0v) is 6.22. The molecule has 60 valence electrons. The van der Waals surface area contributed by atoms with Crippen LogP contribution in [-0.4, -0.2) is 19.1 Å². The zero-order valence-electron chi connectivity index (χ0n) is 6.22. The molecule has 0 aromatic carbocycles. The molecule has 0 aliphatic rings. The van der Waals surface area contributed by atoms with E-state index in [-0.39, 0.29) is 12.5 Å².